The standard InChI is InChI=1S/C20H32F2O4/c1-2-3-4-5-6-7-8-9-10-11-12-15(13-17(23)19(21)22)16-14-18(24)26-20(16)25/h14-15,19-20,25H,2-13H2,1H3. The number of hydrogen-bond acceptors (Lipinski definition) is 4. The molecule has 0 aliphatic carbocycles. The Morgan fingerprint density at radius 2 is 1.62 bits per heavy atom. The summed E-state index contributed by atoms with van der Waals surface area (Å²) < 4.78 is 29.7. The van der Waals surface area contributed by atoms with Crippen molar-refractivity contribution in [3.63, 3.8) is 0 Å². The van der Waals surface area contributed by atoms with Gasteiger partial charge in [0.25, 0.3) is 6.43 Å². The third-order valence-electron chi connectivity index (χ3n) is 4.87. The van der Waals surface area contributed by atoms with Crippen LogP contribution >= 0.6 is 0 Å². The zero-order chi connectivity index (χ0) is 19.4. The molecule has 0 saturated carbocycles. The number of alkyl halides is 2. The van der Waals surface area contributed by atoms with Gasteiger partial charge in [0.05, 0.1) is 0 Å². The van der Waals surface area contributed by atoms with Crippen LogP contribution in [0, 0.1) is 5.92 Å². The van der Waals surface area contributed by atoms with E-state index < -0.39 is 30.4 Å². The third kappa shape index (κ3) is 8.88. The normalized spacial score (nSPS) is 18.1. The highest BCUT2D eigenvalue weighted by Crippen LogP contribution is 2.30. The molecule has 1 aliphatic rings. The maximum atomic E-state index is 12.6. The van der Waals surface area contributed by atoms with Gasteiger partial charge < -0.3 is 9.84 Å². The molecule has 0 spiro atoms. The average Bonchev–Trinajstić information content (AvgIpc) is 2.93. The van der Waals surface area contributed by atoms with E-state index in [2.05, 4.69) is 11.7 Å². The van der Waals surface area contributed by atoms with Crippen molar-refractivity contribution >= 4 is 11.8 Å². The molecule has 1 heterocycles. The average molecular weight is 374 g/mol. The lowest BCUT2D eigenvalue weighted by Crippen LogP contribution is -2.22. The van der Waals surface area contributed by atoms with Gasteiger partial charge in [0.2, 0.25) is 6.29 Å². The highest BCUT2D eigenvalue weighted by atomic mass is 19.3. The molecule has 0 bridgehead atoms. The number of unbranched alkanes of at least 4 members (excludes halogenated alkanes) is 9. The monoisotopic (exact) mass is 374 g/mol. The van der Waals surface area contributed by atoms with E-state index in [1.165, 1.54) is 38.5 Å². The quantitative estimate of drug-likeness (QED) is 0.326. The molecule has 4 nitrogen and oxygen atoms in total. The van der Waals surface area contributed by atoms with Gasteiger partial charge in [0.1, 0.15) is 0 Å². The molecule has 0 saturated heterocycles. The summed E-state index contributed by atoms with van der Waals surface area (Å²) in [6.45, 7) is 2.20. The predicted octanol–water partition coefficient (Wildman–Crippen LogP) is 4.94. The maximum absolute atomic E-state index is 12.6. The Morgan fingerprint density at radius 3 is 2.08 bits per heavy atom. The van der Waals surface area contributed by atoms with Crippen molar-refractivity contribution in [1.82, 2.24) is 0 Å². The molecular weight excluding hydrogens is 342 g/mol. The summed E-state index contributed by atoms with van der Waals surface area (Å²) in [7, 11) is 0. The number of carbonyl (C=O) groups is 2. The molecule has 2 atom stereocenters. The second kappa shape index (κ2) is 13.0. The lowest BCUT2D eigenvalue weighted by atomic mass is 9.88. The minimum absolute atomic E-state index is 0.250. The summed E-state index contributed by atoms with van der Waals surface area (Å²) >= 11 is 0. The smallest absolute Gasteiger partial charge is 0.333 e. The second-order valence-corrected chi connectivity index (χ2v) is 7.07. The van der Waals surface area contributed by atoms with E-state index in [1.807, 2.05) is 0 Å². The van der Waals surface area contributed by atoms with E-state index in [0.29, 0.717) is 6.42 Å². The summed E-state index contributed by atoms with van der Waals surface area (Å²) in [5, 5.41) is 9.73. The molecule has 0 aromatic rings. The fraction of sp³-hybridized carbons (Fsp3) is 0.800. The molecule has 2 unspecified atom stereocenters. The van der Waals surface area contributed by atoms with Gasteiger partial charge in [-0.25, -0.2) is 13.6 Å². The number of hydrogen-bond donors (Lipinski definition) is 1. The first-order valence-electron chi connectivity index (χ1n) is 9.86. The zero-order valence-corrected chi connectivity index (χ0v) is 15.7. The number of esters is 1. The summed E-state index contributed by atoms with van der Waals surface area (Å²) in [4.78, 5) is 22.6. The molecular formula is C20H32F2O4. The lowest BCUT2D eigenvalue weighted by Gasteiger charge is -2.19. The van der Waals surface area contributed by atoms with E-state index in [9.17, 15) is 23.5 Å². The van der Waals surface area contributed by atoms with Crippen LogP contribution in [0.4, 0.5) is 8.78 Å². The SMILES string of the molecule is CCCCCCCCCCCCC(CC(=O)C(F)F)C1=CC(=O)OC1O. The molecule has 1 rings (SSSR count). The topological polar surface area (TPSA) is 63.6 Å². The number of ether oxygens (including phenoxy) is 1. The van der Waals surface area contributed by atoms with Gasteiger partial charge in [-0.1, -0.05) is 71.1 Å². The molecule has 0 aromatic carbocycles. The number of carbonyl (C=O) groups excluding carboxylic acids is 2. The third-order valence-corrected chi connectivity index (χ3v) is 4.87. The van der Waals surface area contributed by atoms with Crippen molar-refractivity contribution in [2.75, 3.05) is 0 Å². The molecule has 0 fully saturated rings. The van der Waals surface area contributed by atoms with Crippen LogP contribution in [0.1, 0.15) is 84.0 Å². The Kier molecular flexibility index (Phi) is 11.3. The molecule has 26 heavy (non-hydrogen) atoms. The number of Topliss-reactive ketones (excluding diaryl/α,β-unsaturated/α-hetero) is 1. The van der Waals surface area contributed by atoms with Crippen molar-refractivity contribution < 1.29 is 28.2 Å². The van der Waals surface area contributed by atoms with Gasteiger partial charge in [0, 0.05) is 18.1 Å². The fourth-order valence-electron chi connectivity index (χ4n) is 3.34. The summed E-state index contributed by atoms with van der Waals surface area (Å²) in [6, 6.07) is 0. The molecule has 1 aliphatic heterocycles. The Hall–Kier alpha value is -1.30. The van der Waals surface area contributed by atoms with Crippen LogP contribution in [0.25, 0.3) is 0 Å². The first-order valence-corrected chi connectivity index (χ1v) is 9.86. The molecule has 1 N–H and O–H groups in total. The van der Waals surface area contributed by atoms with Crippen molar-refractivity contribution in [2.24, 2.45) is 5.92 Å². The van der Waals surface area contributed by atoms with Crippen molar-refractivity contribution in [3.05, 3.63) is 11.6 Å². The molecule has 0 aromatic heterocycles. The van der Waals surface area contributed by atoms with Gasteiger partial charge in [-0.3, -0.25) is 4.79 Å². The van der Waals surface area contributed by atoms with Crippen LogP contribution in [0.15, 0.2) is 11.6 Å². The number of ketones is 1. The summed E-state index contributed by atoms with van der Waals surface area (Å²) in [5.41, 5.74) is 0.250. The van der Waals surface area contributed by atoms with E-state index >= 15 is 0 Å². The van der Waals surface area contributed by atoms with Gasteiger partial charge in [-0.2, -0.15) is 0 Å². The highest BCUT2D eigenvalue weighted by molar-refractivity contribution is 5.86. The molecule has 6 heteroatoms. The number of cyclic esters (lactones) is 1. The Labute approximate surface area is 155 Å². The Balaban J connectivity index is 2.30. The minimum Gasteiger partial charge on any atom is -0.429 e. The van der Waals surface area contributed by atoms with Gasteiger partial charge >= 0.3 is 5.97 Å². The summed E-state index contributed by atoms with van der Waals surface area (Å²) in [5.74, 6) is -2.41. The van der Waals surface area contributed by atoms with E-state index in [1.54, 1.807) is 0 Å². The number of aliphatic hydroxyl groups excluding tert-OH is 1. The lowest BCUT2D eigenvalue weighted by molar-refractivity contribution is -0.151. The van der Waals surface area contributed by atoms with Crippen LogP contribution in [0.3, 0.4) is 0 Å². The number of aliphatic hydroxyl groups is 1. The minimum atomic E-state index is -3.03. The fourth-order valence-corrected chi connectivity index (χ4v) is 3.34. The van der Waals surface area contributed by atoms with Crippen LogP contribution in [-0.2, 0) is 14.3 Å². The van der Waals surface area contributed by atoms with Gasteiger partial charge in [0.15, 0.2) is 5.78 Å². The van der Waals surface area contributed by atoms with Crippen LogP contribution in [-0.4, -0.2) is 29.6 Å². The zero-order valence-electron chi connectivity index (χ0n) is 15.7. The first kappa shape index (κ1) is 22.7. The van der Waals surface area contributed by atoms with Crippen molar-refractivity contribution in [1.29, 1.82) is 0 Å². The van der Waals surface area contributed by atoms with Gasteiger partial charge in [-0.05, 0) is 12.3 Å². The Bertz CT molecular complexity index is 463. The summed E-state index contributed by atoms with van der Waals surface area (Å²) in [6.07, 6.45) is 8.36. The highest BCUT2D eigenvalue weighted by Gasteiger charge is 2.32. The van der Waals surface area contributed by atoms with E-state index in [-0.39, 0.29) is 12.0 Å². The number of rotatable bonds is 15. The molecule has 0 radical (unpaired) electrons. The van der Waals surface area contributed by atoms with Crippen molar-refractivity contribution in [3.8, 4) is 0 Å². The van der Waals surface area contributed by atoms with Crippen LogP contribution in [0.2, 0.25) is 0 Å². The number of halogens is 2. The van der Waals surface area contributed by atoms with E-state index in [0.717, 1.165) is 31.8 Å². The largest absolute Gasteiger partial charge is 0.429 e. The van der Waals surface area contributed by atoms with Crippen LogP contribution < -0.4 is 0 Å². The van der Waals surface area contributed by atoms with Crippen LogP contribution in [0.5, 0.6) is 0 Å². The second-order valence-electron chi connectivity index (χ2n) is 7.07. The maximum Gasteiger partial charge on any atom is 0.333 e. The Morgan fingerprint density at radius 1 is 1.08 bits per heavy atom. The van der Waals surface area contributed by atoms with Crippen molar-refractivity contribution in [2.45, 2.75) is 96.7 Å². The predicted molar refractivity (Wildman–Crippen MR) is 95.8 cm³/mol. The van der Waals surface area contributed by atoms with Gasteiger partial charge in [-0.15, -0.1) is 0 Å². The molecule has 0 amide bonds. The van der Waals surface area contributed by atoms with E-state index in [4.69, 9.17) is 0 Å². The first-order chi connectivity index (χ1) is 12.5. The molecule has 150 valence electrons.